The second-order valence-electron chi connectivity index (χ2n) is 7.20. The summed E-state index contributed by atoms with van der Waals surface area (Å²) in [5, 5.41) is 6.42. The Morgan fingerprint density at radius 1 is 1.20 bits per heavy atom. The third kappa shape index (κ3) is 6.10. The van der Waals surface area contributed by atoms with Crippen molar-refractivity contribution >= 4 is 41.5 Å². The van der Waals surface area contributed by atoms with Crippen molar-refractivity contribution in [2.24, 2.45) is 4.99 Å². The lowest BCUT2D eigenvalue weighted by Gasteiger charge is -2.29. The molecule has 0 aliphatic carbocycles. The quantitative estimate of drug-likeness (QED) is 0.347. The molecule has 1 amide bonds. The Kier molecular flexibility index (Phi) is 9.42. The van der Waals surface area contributed by atoms with Crippen molar-refractivity contribution in [3.05, 3.63) is 59.2 Å². The topological polar surface area (TPSA) is 66.0 Å². The first-order valence-corrected chi connectivity index (χ1v) is 10.1. The van der Waals surface area contributed by atoms with Gasteiger partial charge in [0.1, 0.15) is 5.75 Å². The number of ether oxygens (including phenoxy) is 1. The molecule has 2 aromatic carbocycles. The van der Waals surface area contributed by atoms with Crippen molar-refractivity contribution in [1.82, 2.24) is 10.6 Å². The van der Waals surface area contributed by atoms with Crippen LogP contribution in [0.1, 0.15) is 23.1 Å². The van der Waals surface area contributed by atoms with E-state index in [4.69, 9.17) is 4.74 Å². The molecule has 7 heteroatoms. The number of rotatable bonds is 6. The number of aliphatic imine (C=N–C) groups is 1. The molecule has 1 aliphatic heterocycles. The van der Waals surface area contributed by atoms with E-state index in [1.165, 1.54) is 11.1 Å². The predicted molar refractivity (Wildman–Crippen MR) is 133 cm³/mol. The van der Waals surface area contributed by atoms with E-state index in [1.54, 1.807) is 14.2 Å². The zero-order valence-corrected chi connectivity index (χ0v) is 20.2. The van der Waals surface area contributed by atoms with Gasteiger partial charge in [0.15, 0.2) is 5.96 Å². The van der Waals surface area contributed by atoms with Gasteiger partial charge in [-0.2, -0.15) is 0 Å². The van der Waals surface area contributed by atoms with Crippen LogP contribution in [0.4, 0.5) is 5.69 Å². The SMILES string of the molecule is CN=C(NCCc1cc(C)ccc1OC)NCC(=O)N1CCCc2ccccc21.I. The summed E-state index contributed by atoms with van der Waals surface area (Å²) in [6, 6.07) is 14.3. The van der Waals surface area contributed by atoms with Gasteiger partial charge in [0.05, 0.1) is 13.7 Å². The first-order valence-electron chi connectivity index (χ1n) is 10.1. The number of nitrogens with zero attached hydrogens (tertiary/aromatic N) is 2. The van der Waals surface area contributed by atoms with Crippen LogP contribution in [0.2, 0.25) is 0 Å². The number of para-hydroxylation sites is 1. The number of fused-ring (bicyclic) bond motifs is 1. The van der Waals surface area contributed by atoms with Gasteiger partial charge in [-0.1, -0.05) is 35.9 Å². The number of aryl methyl sites for hydroxylation is 2. The summed E-state index contributed by atoms with van der Waals surface area (Å²) in [4.78, 5) is 18.9. The lowest BCUT2D eigenvalue weighted by atomic mass is 10.0. The maximum Gasteiger partial charge on any atom is 0.246 e. The molecule has 6 nitrogen and oxygen atoms in total. The Hall–Kier alpha value is -2.29. The number of hydrogen-bond donors (Lipinski definition) is 2. The van der Waals surface area contributed by atoms with Gasteiger partial charge < -0.3 is 20.3 Å². The first kappa shape index (κ1) is 24.0. The largest absolute Gasteiger partial charge is 0.496 e. The Morgan fingerprint density at radius 3 is 2.77 bits per heavy atom. The highest BCUT2D eigenvalue weighted by Crippen LogP contribution is 2.26. The van der Waals surface area contributed by atoms with E-state index in [0.717, 1.165) is 42.8 Å². The second kappa shape index (κ2) is 11.8. The minimum absolute atomic E-state index is 0. The molecular weight excluding hydrogens is 491 g/mol. The van der Waals surface area contributed by atoms with Gasteiger partial charge in [0.2, 0.25) is 5.91 Å². The van der Waals surface area contributed by atoms with Crippen molar-refractivity contribution < 1.29 is 9.53 Å². The van der Waals surface area contributed by atoms with Crippen molar-refractivity contribution in [3.63, 3.8) is 0 Å². The molecule has 3 rings (SSSR count). The standard InChI is InChI=1S/C23H30N4O2.HI/c1-17-10-11-21(29-3)19(15-17)12-13-25-23(24-2)26-16-22(28)27-14-6-8-18-7-4-5-9-20(18)27;/h4-5,7,9-11,15H,6,8,12-14,16H2,1-3H3,(H2,24,25,26);1H. The predicted octanol–water partition coefficient (Wildman–Crippen LogP) is 3.31. The maximum atomic E-state index is 12.8. The molecule has 0 saturated heterocycles. The fourth-order valence-electron chi connectivity index (χ4n) is 3.69. The summed E-state index contributed by atoms with van der Waals surface area (Å²) in [5.41, 5.74) is 4.62. The van der Waals surface area contributed by atoms with Gasteiger partial charge in [-0.15, -0.1) is 24.0 Å². The molecule has 0 spiro atoms. The number of carbonyl (C=O) groups excluding carboxylic acids is 1. The Bertz CT molecular complexity index is 885. The molecule has 0 unspecified atom stereocenters. The summed E-state index contributed by atoms with van der Waals surface area (Å²) < 4.78 is 5.44. The molecule has 2 aromatic rings. The second-order valence-corrected chi connectivity index (χ2v) is 7.20. The summed E-state index contributed by atoms with van der Waals surface area (Å²) in [6.45, 7) is 3.74. The van der Waals surface area contributed by atoms with Crippen molar-refractivity contribution in [2.75, 3.05) is 38.7 Å². The molecule has 1 heterocycles. The third-order valence-corrected chi connectivity index (χ3v) is 5.16. The molecule has 2 N–H and O–H groups in total. The van der Waals surface area contributed by atoms with Gasteiger partial charge in [0.25, 0.3) is 0 Å². The molecule has 30 heavy (non-hydrogen) atoms. The molecule has 0 radical (unpaired) electrons. The van der Waals surface area contributed by atoms with Crippen molar-refractivity contribution in [2.45, 2.75) is 26.2 Å². The minimum atomic E-state index is 0. The monoisotopic (exact) mass is 522 g/mol. The zero-order chi connectivity index (χ0) is 20.6. The Morgan fingerprint density at radius 2 is 2.00 bits per heavy atom. The van der Waals surface area contributed by atoms with Crippen molar-refractivity contribution in [3.8, 4) is 5.75 Å². The highest BCUT2D eigenvalue weighted by molar-refractivity contribution is 14.0. The van der Waals surface area contributed by atoms with E-state index in [1.807, 2.05) is 35.2 Å². The number of methoxy groups -OCH3 is 1. The molecule has 0 aromatic heterocycles. The van der Waals surface area contributed by atoms with Gasteiger partial charge in [-0.25, -0.2) is 0 Å². The van der Waals surface area contributed by atoms with Crippen LogP contribution in [0.3, 0.4) is 0 Å². The fourth-order valence-corrected chi connectivity index (χ4v) is 3.69. The van der Waals surface area contributed by atoms with Crippen LogP contribution < -0.4 is 20.3 Å². The van der Waals surface area contributed by atoms with Crippen LogP contribution >= 0.6 is 24.0 Å². The van der Waals surface area contributed by atoms with Crippen LogP contribution in [0, 0.1) is 6.92 Å². The highest BCUT2D eigenvalue weighted by atomic mass is 127. The summed E-state index contributed by atoms with van der Waals surface area (Å²) in [7, 11) is 3.40. The van der Waals surface area contributed by atoms with E-state index in [0.29, 0.717) is 12.5 Å². The number of benzene rings is 2. The number of guanidine groups is 1. The average Bonchev–Trinajstić information content (AvgIpc) is 2.75. The maximum absolute atomic E-state index is 12.8. The van der Waals surface area contributed by atoms with E-state index in [2.05, 4.69) is 34.7 Å². The lowest BCUT2D eigenvalue weighted by molar-refractivity contribution is -0.117. The van der Waals surface area contributed by atoms with E-state index in [9.17, 15) is 4.79 Å². The van der Waals surface area contributed by atoms with E-state index >= 15 is 0 Å². The van der Waals surface area contributed by atoms with Crippen LogP contribution in [-0.2, 0) is 17.6 Å². The van der Waals surface area contributed by atoms with Gasteiger partial charge in [-0.05, 0) is 49.4 Å². The fraction of sp³-hybridized carbons (Fsp3) is 0.391. The zero-order valence-electron chi connectivity index (χ0n) is 17.9. The Balaban J connectivity index is 0.00000320. The summed E-state index contributed by atoms with van der Waals surface area (Å²) in [5.74, 6) is 1.56. The van der Waals surface area contributed by atoms with Gasteiger partial charge in [-0.3, -0.25) is 9.79 Å². The number of amides is 1. The van der Waals surface area contributed by atoms with E-state index < -0.39 is 0 Å². The van der Waals surface area contributed by atoms with Crippen LogP contribution in [0.15, 0.2) is 47.5 Å². The van der Waals surface area contributed by atoms with Crippen molar-refractivity contribution in [1.29, 1.82) is 0 Å². The van der Waals surface area contributed by atoms with Crippen LogP contribution in [0.5, 0.6) is 5.75 Å². The number of hydrogen-bond acceptors (Lipinski definition) is 3. The lowest BCUT2D eigenvalue weighted by Crippen LogP contribution is -2.46. The number of anilines is 1. The molecule has 1 aliphatic rings. The third-order valence-electron chi connectivity index (χ3n) is 5.16. The molecular formula is C23H31IN4O2. The molecule has 0 saturated carbocycles. The summed E-state index contributed by atoms with van der Waals surface area (Å²) >= 11 is 0. The summed E-state index contributed by atoms with van der Waals surface area (Å²) in [6.07, 6.45) is 2.83. The number of carbonyl (C=O) groups is 1. The first-order chi connectivity index (χ1) is 14.1. The average molecular weight is 522 g/mol. The van der Waals surface area contributed by atoms with Crippen LogP contribution in [-0.4, -0.2) is 45.7 Å². The van der Waals surface area contributed by atoms with Crippen LogP contribution in [0.25, 0.3) is 0 Å². The minimum Gasteiger partial charge on any atom is -0.496 e. The highest BCUT2D eigenvalue weighted by Gasteiger charge is 2.21. The molecule has 0 fully saturated rings. The Labute approximate surface area is 196 Å². The van der Waals surface area contributed by atoms with Gasteiger partial charge in [0, 0.05) is 25.8 Å². The van der Waals surface area contributed by atoms with E-state index in [-0.39, 0.29) is 36.4 Å². The number of halogens is 1. The molecule has 0 bridgehead atoms. The normalized spacial score (nSPS) is 13.2. The molecule has 162 valence electrons. The molecule has 0 atom stereocenters. The number of nitrogens with one attached hydrogen (secondary N) is 2. The smallest absolute Gasteiger partial charge is 0.246 e. The van der Waals surface area contributed by atoms with Gasteiger partial charge >= 0.3 is 0 Å².